The van der Waals surface area contributed by atoms with E-state index in [1.165, 1.54) is 26.4 Å². The average molecular weight is 499 g/mol. The highest BCUT2D eigenvalue weighted by Crippen LogP contribution is 2.72. The number of rotatable bonds is 4. The Bertz CT molecular complexity index is 1170. The zero-order valence-corrected chi connectivity index (χ0v) is 21.6. The van der Waals surface area contributed by atoms with Crippen LogP contribution in [0.1, 0.15) is 46.1 Å². The Hall–Kier alpha value is -2.71. The molecule has 0 spiro atoms. The summed E-state index contributed by atoms with van der Waals surface area (Å²) >= 11 is 0. The third-order valence-electron chi connectivity index (χ3n) is 10.1. The summed E-state index contributed by atoms with van der Waals surface area (Å²) in [6.45, 7) is 7.47. The number of hydrogen-bond acceptors (Lipinski definition) is 8. The second kappa shape index (κ2) is 7.89. The molecule has 2 heterocycles. The number of aliphatic hydroxyl groups excluding tert-OH is 1. The van der Waals surface area contributed by atoms with Crippen LogP contribution in [0.3, 0.4) is 0 Å². The molecular formula is C28H34O8. The smallest absolute Gasteiger partial charge is 0.315 e. The molecule has 1 aromatic rings. The van der Waals surface area contributed by atoms with Crippen LogP contribution in [-0.2, 0) is 28.6 Å². The molecule has 1 saturated carbocycles. The third-order valence-corrected chi connectivity index (χ3v) is 10.1. The number of methoxy groups -OCH3 is 2. The van der Waals surface area contributed by atoms with Gasteiger partial charge in [0.25, 0.3) is 0 Å². The Morgan fingerprint density at radius 1 is 1.17 bits per heavy atom. The van der Waals surface area contributed by atoms with E-state index < -0.39 is 57.8 Å². The van der Waals surface area contributed by atoms with Crippen molar-refractivity contribution in [1.82, 2.24) is 0 Å². The summed E-state index contributed by atoms with van der Waals surface area (Å²) in [5.74, 6) is -2.80. The lowest BCUT2D eigenvalue weighted by Crippen LogP contribution is -2.70. The molecule has 4 aliphatic rings. The summed E-state index contributed by atoms with van der Waals surface area (Å²) in [4.78, 5) is 39.7. The molecule has 1 N–H and O–H groups in total. The average Bonchev–Trinajstić information content (AvgIpc) is 3.54. The highest BCUT2D eigenvalue weighted by molar-refractivity contribution is 5.99. The van der Waals surface area contributed by atoms with Gasteiger partial charge in [0.2, 0.25) is 0 Å². The number of allylic oxidation sites excluding steroid dienone is 2. The molecule has 5 rings (SSSR count). The Morgan fingerprint density at radius 2 is 1.89 bits per heavy atom. The first-order valence-electron chi connectivity index (χ1n) is 12.4. The molecule has 1 aliphatic heterocycles. The van der Waals surface area contributed by atoms with Gasteiger partial charge < -0.3 is 23.7 Å². The van der Waals surface area contributed by atoms with Gasteiger partial charge in [-0.25, -0.2) is 0 Å². The van der Waals surface area contributed by atoms with Crippen LogP contribution in [-0.4, -0.2) is 54.9 Å². The molecule has 2 fully saturated rings. The highest BCUT2D eigenvalue weighted by Gasteiger charge is 2.77. The van der Waals surface area contributed by atoms with Gasteiger partial charge in [0.1, 0.15) is 0 Å². The van der Waals surface area contributed by atoms with E-state index in [1.54, 1.807) is 26.4 Å². The van der Waals surface area contributed by atoms with Crippen LogP contribution in [0.2, 0.25) is 0 Å². The van der Waals surface area contributed by atoms with E-state index in [-0.39, 0.29) is 18.1 Å². The van der Waals surface area contributed by atoms with E-state index in [2.05, 4.69) is 6.08 Å². The van der Waals surface area contributed by atoms with Gasteiger partial charge in [0.15, 0.2) is 5.78 Å². The minimum Gasteiger partial charge on any atom is -0.472 e. The standard InChI is InChI=1S/C28H34O8/c1-25(24(32)34-6)11-9-19(29)27(3)18(13-20(30)33-5)26(2)17-8-7-16(15-10-12-35-14-15)28(17,4)36-23(26)21(31)22(25)27/h7,9-12,14,17-18,21-23,31H,8,13H2,1-6H3/t17?,18-,21?,22?,23+,25+,26-,27-,28+/m0/s1. The SMILES string of the molecule is COC(=O)C[C@H]1[C@]2(C)C3CC=C(c4ccoc4)[C@@]3(C)O[C@@H]2C(O)C2[C@](C)(C(=O)OC)C=CC(=O)[C@@]21C. The fraction of sp³-hybridized carbons (Fsp3) is 0.607. The van der Waals surface area contributed by atoms with Gasteiger partial charge in [0, 0.05) is 34.7 Å². The summed E-state index contributed by atoms with van der Waals surface area (Å²) < 4.78 is 22.4. The number of ether oxygens (including phenoxy) is 3. The molecule has 0 bridgehead atoms. The van der Waals surface area contributed by atoms with Crippen LogP contribution in [0.25, 0.3) is 5.57 Å². The van der Waals surface area contributed by atoms with Gasteiger partial charge >= 0.3 is 11.9 Å². The highest BCUT2D eigenvalue weighted by atomic mass is 16.5. The molecule has 9 atom stereocenters. The van der Waals surface area contributed by atoms with Crippen molar-refractivity contribution in [3.8, 4) is 0 Å². The molecule has 0 aromatic carbocycles. The van der Waals surface area contributed by atoms with Crippen molar-refractivity contribution >= 4 is 23.3 Å². The summed E-state index contributed by atoms with van der Waals surface area (Å²) in [5, 5.41) is 12.0. The topological polar surface area (TPSA) is 112 Å². The quantitative estimate of drug-likeness (QED) is 0.629. The normalized spacial score (nSPS) is 44.9. The maximum Gasteiger partial charge on any atom is 0.315 e. The van der Waals surface area contributed by atoms with Crippen molar-refractivity contribution in [1.29, 1.82) is 0 Å². The second-order valence-corrected chi connectivity index (χ2v) is 11.5. The molecule has 8 nitrogen and oxygen atoms in total. The van der Waals surface area contributed by atoms with Crippen molar-refractivity contribution in [3.63, 3.8) is 0 Å². The lowest BCUT2D eigenvalue weighted by atomic mass is 9.40. The number of fused-ring (bicyclic) bond motifs is 4. The van der Waals surface area contributed by atoms with Crippen molar-refractivity contribution in [2.45, 2.75) is 58.3 Å². The molecule has 8 heteroatoms. The lowest BCUT2D eigenvalue weighted by molar-refractivity contribution is -0.221. The van der Waals surface area contributed by atoms with E-state index in [0.717, 1.165) is 11.1 Å². The van der Waals surface area contributed by atoms with Gasteiger partial charge in [-0.05, 0) is 43.9 Å². The summed E-state index contributed by atoms with van der Waals surface area (Å²) in [6, 6.07) is 1.87. The van der Waals surface area contributed by atoms with Gasteiger partial charge in [-0.15, -0.1) is 0 Å². The zero-order chi connectivity index (χ0) is 26.3. The maximum atomic E-state index is 13.8. The molecule has 36 heavy (non-hydrogen) atoms. The third kappa shape index (κ3) is 2.85. The fourth-order valence-corrected chi connectivity index (χ4v) is 8.46. The number of carbonyl (C=O) groups is 3. The Labute approximate surface area is 210 Å². The monoisotopic (exact) mass is 498 g/mol. The Morgan fingerprint density at radius 3 is 2.50 bits per heavy atom. The van der Waals surface area contributed by atoms with Crippen molar-refractivity contribution < 1.29 is 38.1 Å². The van der Waals surface area contributed by atoms with Gasteiger partial charge in [-0.2, -0.15) is 0 Å². The number of ketones is 1. The van der Waals surface area contributed by atoms with Gasteiger partial charge in [0.05, 0.1) is 50.0 Å². The predicted molar refractivity (Wildman–Crippen MR) is 128 cm³/mol. The summed E-state index contributed by atoms with van der Waals surface area (Å²) in [6.07, 6.45) is 7.03. The maximum absolute atomic E-state index is 13.8. The minimum absolute atomic E-state index is 0.0446. The summed E-state index contributed by atoms with van der Waals surface area (Å²) in [7, 11) is 2.62. The van der Waals surface area contributed by atoms with Crippen molar-refractivity contribution in [2.24, 2.45) is 34.0 Å². The predicted octanol–water partition coefficient (Wildman–Crippen LogP) is 3.34. The van der Waals surface area contributed by atoms with Crippen LogP contribution in [0.4, 0.5) is 0 Å². The first-order valence-corrected chi connectivity index (χ1v) is 12.4. The number of carbonyl (C=O) groups excluding carboxylic acids is 3. The van der Waals surface area contributed by atoms with E-state index in [1.807, 2.05) is 19.9 Å². The van der Waals surface area contributed by atoms with E-state index in [4.69, 9.17) is 18.6 Å². The molecule has 1 saturated heterocycles. The largest absolute Gasteiger partial charge is 0.472 e. The number of furan rings is 1. The van der Waals surface area contributed by atoms with Crippen LogP contribution in [0.5, 0.6) is 0 Å². The molecular weight excluding hydrogens is 464 g/mol. The second-order valence-electron chi connectivity index (χ2n) is 11.5. The van der Waals surface area contributed by atoms with Crippen LogP contribution in [0, 0.1) is 34.0 Å². The van der Waals surface area contributed by atoms with Crippen LogP contribution < -0.4 is 0 Å². The molecule has 1 aromatic heterocycles. The van der Waals surface area contributed by atoms with E-state index in [9.17, 15) is 19.5 Å². The van der Waals surface area contributed by atoms with Crippen molar-refractivity contribution in [2.75, 3.05) is 14.2 Å². The zero-order valence-electron chi connectivity index (χ0n) is 21.6. The molecule has 3 aliphatic carbocycles. The van der Waals surface area contributed by atoms with E-state index >= 15 is 0 Å². The number of hydrogen-bond donors (Lipinski definition) is 1. The minimum atomic E-state index is -1.29. The van der Waals surface area contributed by atoms with Crippen molar-refractivity contribution in [3.05, 3.63) is 42.4 Å². The van der Waals surface area contributed by atoms with Gasteiger partial charge in [-0.1, -0.05) is 26.0 Å². The van der Waals surface area contributed by atoms with Crippen LogP contribution in [0.15, 0.2) is 41.2 Å². The fourth-order valence-electron chi connectivity index (χ4n) is 8.46. The lowest BCUT2D eigenvalue weighted by Gasteiger charge is -2.62. The first-order chi connectivity index (χ1) is 16.9. The summed E-state index contributed by atoms with van der Waals surface area (Å²) in [5.41, 5.74) is -2.27. The molecule has 194 valence electrons. The Kier molecular flexibility index (Phi) is 5.47. The Balaban J connectivity index is 1.71. The molecule has 0 amide bonds. The number of esters is 2. The first kappa shape index (κ1) is 25.0. The van der Waals surface area contributed by atoms with Crippen LogP contribution >= 0.6 is 0 Å². The molecule has 0 radical (unpaired) electrons. The van der Waals surface area contributed by atoms with E-state index in [0.29, 0.717) is 6.42 Å². The molecule has 3 unspecified atom stereocenters. The van der Waals surface area contributed by atoms with Gasteiger partial charge in [-0.3, -0.25) is 14.4 Å². The number of aliphatic hydroxyl groups is 1.